The molecule has 7 nitrogen and oxygen atoms in total. The van der Waals surface area contributed by atoms with Gasteiger partial charge in [-0.3, -0.25) is 0 Å². The summed E-state index contributed by atoms with van der Waals surface area (Å²) in [5.41, 5.74) is 5.03. The van der Waals surface area contributed by atoms with Gasteiger partial charge in [-0.1, -0.05) is 60.7 Å². The van der Waals surface area contributed by atoms with Gasteiger partial charge in [0.2, 0.25) is 0 Å². The van der Waals surface area contributed by atoms with E-state index in [4.69, 9.17) is 5.10 Å². The third-order valence-corrected chi connectivity index (χ3v) is 8.87. The molecule has 1 aliphatic heterocycles. The molecule has 37 heavy (non-hydrogen) atoms. The van der Waals surface area contributed by atoms with Crippen LogP contribution in [-0.4, -0.2) is 88.0 Å². The predicted molar refractivity (Wildman–Crippen MR) is 169 cm³/mol. The summed E-state index contributed by atoms with van der Waals surface area (Å²) < 4.78 is 1.96. The number of hydrogen-bond acceptors (Lipinski definition) is 4. The molecule has 0 saturated carbocycles. The molecule has 1 amide bonds. The summed E-state index contributed by atoms with van der Waals surface area (Å²) in [6, 6.07) is 22.3. The maximum atomic E-state index is 13.3. The third kappa shape index (κ3) is 7.61. The maximum absolute atomic E-state index is 13.3. The van der Waals surface area contributed by atoms with Crippen LogP contribution in [0.2, 0.25) is 0 Å². The Bertz CT molecular complexity index is 1260. The number of benzene rings is 2. The Morgan fingerprint density at radius 1 is 0.946 bits per heavy atom. The van der Waals surface area contributed by atoms with E-state index in [1.54, 1.807) is 0 Å². The van der Waals surface area contributed by atoms with Crippen molar-refractivity contribution in [3.05, 3.63) is 66.7 Å². The van der Waals surface area contributed by atoms with E-state index in [-0.39, 0.29) is 11.4 Å². The van der Waals surface area contributed by atoms with Gasteiger partial charge in [-0.15, -0.1) is 0 Å². The topological polar surface area (TPSA) is 66.1 Å². The van der Waals surface area contributed by atoms with E-state index in [1.165, 1.54) is 0 Å². The molecule has 0 atom stereocenters. The number of piperazine rings is 1. The van der Waals surface area contributed by atoms with Gasteiger partial charge in [0.25, 0.3) is 0 Å². The molecule has 1 aromatic heterocycles. The SMILES string of the molecule is CC/C(=N\N=C(/C)N1CCN(C(=O)Cn2nc(-c3ccccc3)cc2-c2ccccc2)CC1)[C](I)(I)[Tl]. The molecule has 0 spiro atoms. The quantitative estimate of drug-likeness (QED) is 0.0815. The van der Waals surface area contributed by atoms with Gasteiger partial charge in [0.1, 0.15) is 0 Å². The minimum atomic E-state index is 0.0805. The third-order valence-electron chi connectivity index (χ3n) is 6.33. The van der Waals surface area contributed by atoms with Crippen molar-refractivity contribution in [2.75, 3.05) is 26.2 Å². The molecule has 3 aromatic rings. The summed E-state index contributed by atoms with van der Waals surface area (Å²) in [6.45, 7) is 7.17. The van der Waals surface area contributed by atoms with Crippen LogP contribution in [0.25, 0.3) is 22.5 Å². The Hall–Kier alpha value is -1.36. The summed E-state index contributed by atoms with van der Waals surface area (Å²) >= 11 is 5.72. The second-order valence-electron chi connectivity index (χ2n) is 8.84. The van der Waals surface area contributed by atoms with Crippen molar-refractivity contribution >= 4 is 88.4 Å². The Morgan fingerprint density at radius 3 is 2.08 bits per heavy atom. The van der Waals surface area contributed by atoms with Gasteiger partial charge in [0.05, 0.1) is 11.4 Å². The Balaban J connectivity index is 1.45. The van der Waals surface area contributed by atoms with Crippen LogP contribution in [0, 0.1) is 0 Å². The number of hydrogen-bond donors (Lipinski definition) is 0. The number of rotatable bonds is 7. The van der Waals surface area contributed by atoms with E-state index >= 15 is 0 Å². The summed E-state index contributed by atoms with van der Waals surface area (Å²) in [6.07, 6.45) is 0.909. The zero-order chi connectivity index (χ0) is 26.4. The van der Waals surface area contributed by atoms with Crippen LogP contribution in [0.3, 0.4) is 0 Å². The standard InChI is InChI=1S/C27H29I2N6O.Tl/c1-3-23(27(28)29)31-30-20(2)33-14-16-34(17-15-33)26(36)19-35-25(22-12-8-5-9-13-22)18-24(32-35)21-10-6-4-7-11-21;/h4-13,18H,3,14-17,19H2,1-2H3;/b30-20+,31-23+;. The fourth-order valence-electron chi connectivity index (χ4n) is 4.21. The first kappa shape index (κ1) is 28.6. The second-order valence-corrected chi connectivity index (χ2v) is 26.8. The molecule has 0 bridgehead atoms. The van der Waals surface area contributed by atoms with Gasteiger partial charge in [-0.05, 0) is 11.6 Å². The summed E-state index contributed by atoms with van der Waals surface area (Å²) in [7, 11) is 0. The molecule has 10 heteroatoms. The summed E-state index contributed by atoms with van der Waals surface area (Å²) in [5.74, 6) is 0.989. The number of halogens is 2. The van der Waals surface area contributed by atoms with Gasteiger partial charge < -0.3 is 0 Å². The molecule has 0 unspecified atom stereocenters. The van der Waals surface area contributed by atoms with Gasteiger partial charge in [-0.2, -0.15) is 5.10 Å². The van der Waals surface area contributed by atoms with E-state index < -0.39 is 0 Å². The number of alkyl halides is 2. The Labute approximate surface area is 261 Å². The number of aromatic nitrogens is 2. The summed E-state index contributed by atoms with van der Waals surface area (Å²) in [5, 5.41) is 13.9. The van der Waals surface area contributed by atoms with Crippen LogP contribution < -0.4 is 0 Å². The zero-order valence-electron chi connectivity index (χ0n) is 21.0. The normalized spacial score (nSPS) is 15.2. The van der Waals surface area contributed by atoms with E-state index in [9.17, 15) is 4.79 Å². The molecule has 1 saturated heterocycles. The van der Waals surface area contributed by atoms with Crippen LogP contribution in [0.1, 0.15) is 20.3 Å². The van der Waals surface area contributed by atoms with Crippen LogP contribution in [0.15, 0.2) is 76.9 Å². The van der Waals surface area contributed by atoms with Crippen molar-refractivity contribution in [2.45, 2.75) is 25.8 Å². The first-order valence-corrected chi connectivity index (χ1v) is 16.7. The number of amides is 1. The van der Waals surface area contributed by atoms with E-state index in [2.05, 4.69) is 85.4 Å². The first-order valence-electron chi connectivity index (χ1n) is 12.3. The molecule has 0 aliphatic carbocycles. The van der Waals surface area contributed by atoms with Crippen molar-refractivity contribution in [1.29, 1.82) is 0 Å². The van der Waals surface area contributed by atoms with Gasteiger partial charge in [-0.25, -0.2) is 0 Å². The molecule has 0 N–H and O–H groups in total. The van der Waals surface area contributed by atoms with Crippen LogP contribution in [-0.2, 0) is 11.3 Å². The van der Waals surface area contributed by atoms with Crippen LogP contribution >= 0.6 is 45.2 Å². The first-order chi connectivity index (χ1) is 17.8. The number of carbonyl (C=O) groups excluding carboxylic acids is 1. The van der Waals surface area contributed by atoms with Crippen molar-refractivity contribution in [2.24, 2.45) is 10.2 Å². The molecule has 2 aromatic carbocycles. The Kier molecular flexibility index (Phi) is 10.2. The average Bonchev–Trinajstić information content (AvgIpc) is 3.33. The zero-order valence-corrected chi connectivity index (χ0v) is 29.8. The number of nitrogens with zero attached hydrogens (tertiary/aromatic N) is 6. The fraction of sp³-hybridized carbons (Fsp3) is 0.333. The molecular weight excluding hydrogens is 883 g/mol. The molecule has 2 heterocycles. The molecule has 0 radical (unpaired) electrons. The van der Waals surface area contributed by atoms with Gasteiger partial charge >= 0.3 is 170 Å². The van der Waals surface area contributed by atoms with Crippen LogP contribution in [0.4, 0.5) is 0 Å². The fourth-order valence-corrected chi connectivity index (χ4v) is 6.20. The van der Waals surface area contributed by atoms with Crippen molar-refractivity contribution < 1.29 is 4.79 Å². The second kappa shape index (κ2) is 13.1. The average molecular weight is 912 g/mol. The van der Waals surface area contributed by atoms with Crippen LogP contribution in [0.5, 0.6) is 0 Å². The molecule has 1 fully saturated rings. The molecule has 1 aliphatic rings. The van der Waals surface area contributed by atoms with E-state index in [0.29, 0.717) is 13.1 Å². The molecular formula is C27H29I2N6OTl. The molecule has 190 valence electrons. The number of amidine groups is 1. The minimum absolute atomic E-state index is 0.0805. The van der Waals surface area contributed by atoms with E-state index in [1.807, 2.05) is 65.0 Å². The molecule has 4 rings (SSSR count). The summed E-state index contributed by atoms with van der Waals surface area (Å²) in [4.78, 5) is 17.5. The van der Waals surface area contributed by atoms with Gasteiger partial charge in [0, 0.05) is 5.56 Å². The van der Waals surface area contributed by atoms with Crippen molar-refractivity contribution in [1.82, 2.24) is 19.6 Å². The van der Waals surface area contributed by atoms with Crippen molar-refractivity contribution in [3.63, 3.8) is 0 Å². The predicted octanol–water partition coefficient (Wildman–Crippen LogP) is 5.24. The number of carbonyl (C=O) groups is 1. The van der Waals surface area contributed by atoms with Gasteiger partial charge in [0.15, 0.2) is 0 Å². The van der Waals surface area contributed by atoms with E-state index in [0.717, 1.165) is 79.3 Å². The monoisotopic (exact) mass is 912 g/mol. The van der Waals surface area contributed by atoms with Crippen molar-refractivity contribution in [3.8, 4) is 22.5 Å². The Morgan fingerprint density at radius 2 is 1.51 bits per heavy atom.